The largest absolute Gasteiger partial charge is 0.496 e. The fraction of sp³-hybridized carbons (Fsp3) is 0.143. The van der Waals surface area contributed by atoms with Gasteiger partial charge in [0.2, 0.25) is 0 Å². The van der Waals surface area contributed by atoms with E-state index in [1.54, 1.807) is 25.3 Å². The summed E-state index contributed by atoms with van der Waals surface area (Å²) in [4.78, 5) is 0. The van der Waals surface area contributed by atoms with Crippen LogP contribution in [0.4, 0.5) is 4.39 Å². The molecule has 0 aliphatic rings. The molecule has 2 aromatic carbocycles. The van der Waals surface area contributed by atoms with Crippen LogP contribution >= 0.6 is 31.9 Å². The molecule has 2 rings (SSSR count). The van der Waals surface area contributed by atoms with Gasteiger partial charge in [-0.05, 0) is 34.1 Å². The molecule has 0 fully saturated rings. The van der Waals surface area contributed by atoms with Crippen molar-refractivity contribution in [2.75, 3.05) is 7.11 Å². The maximum atomic E-state index is 14.1. The summed E-state index contributed by atoms with van der Waals surface area (Å²) in [5, 5.41) is 0. The van der Waals surface area contributed by atoms with Crippen molar-refractivity contribution in [3.63, 3.8) is 0 Å². The Kier molecular flexibility index (Phi) is 4.60. The molecule has 2 aromatic rings. The van der Waals surface area contributed by atoms with Gasteiger partial charge in [-0.2, -0.15) is 0 Å². The van der Waals surface area contributed by atoms with Gasteiger partial charge in [-0.25, -0.2) is 4.39 Å². The van der Waals surface area contributed by atoms with Crippen LogP contribution in [0.15, 0.2) is 45.3 Å². The molecule has 0 spiro atoms. The molecule has 2 N–H and O–H groups in total. The molecule has 0 aliphatic carbocycles. The number of methoxy groups -OCH3 is 1. The van der Waals surface area contributed by atoms with Crippen LogP contribution in [-0.4, -0.2) is 7.11 Å². The summed E-state index contributed by atoms with van der Waals surface area (Å²) < 4.78 is 20.7. The van der Waals surface area contributed by atoms with Gasteiger partial charge in [0.05, 0.1) is 17.6 Å². The number of hydrogen-bond acceptors (Lipinski definition) is 2. The number of rotatable bonds is 3. The van der Waals surface area contributed by atoms with Crippen LogP contribution in [-0.2, 0) is 0 Å². The molecule has 5 heteroatoms. The predicted octanol–water partition coefficient (Wildman–Crippen LogP) is 4.41. The van der Waals surface area contributed by atoms with Crippen LogP contribution in [0.1, 0.15) is 17.2 Å². The van der Waals surface area contributed by atoms with Crippen LogP contribution in [0.3, 0.4) is 0 Å². The minimum atomic E-state index is -0.583. The highest BCUT2D eigenvalue weighted by atomic mass is 79.9. The van der Waals surface area contributed by atoms with Crippen molar-refractivity contribution in [1.29, 1.82) is 0 Å². The molecule has 19 heavy (non-hydrogen) atoms. The fourth-order valence-corrected chi connectivity index (χ4v) is 2.59. The first kappa shape index (κ1) is 14.5. The molecule has 0 aliphatic heterocycles. The monoisotopic (exact) mass is 387 g/mol. The Morgan fingerprint density at radius 1 is 1.16 bits per heavy atom. The lowest BCUT2D eigenvalue weighted by Crippen LogP contribution is -2.15. The van der Waals surface area contributed by atoms with Gasteiger partial charge < -0.3 is 10.5 Å². The average molecular weight is 389 g/mol. The van der Waals surface area contributed by atoms with Crippen LogP contribution in [0.5, 0.6) is 5.75 Å². The average Bonchev–Trinajstić information content (AvgIpc) is 2.41. The molecule has 1 atom stereocenters. The zero-order valence-electron chi connectivity index (χ0n) is 10.2. The van der Waals surface area contributed by atoms with Crippen molar-refractivity contribution in [3.05, 3.63) is 62.3 Å². The lowest BCUT2D eigenvalue weighted by molar-refractivity contribution is 0.407. The number of benzene rings is 2. The number of nitrogens with two attached hydrogens (primary N) is 1. The first-order valence-electron chi connectivity index (χ1n) is 5.57. The molecule has 0 amide bonds. The molecule has 0 heterocycles. The van der Waals surface area contributed by atoms with Gasteiger partial charge in [-0.15, -0.1) is 0 Å². The van der Waals surface area contributed by atoms with E-state index >= 15 is 0 Å². The van der Waals surface area contributed by atoms with E-state index in [4.69, 9.17) is 10.5 Å². The summed E-state index contributed by atoms with van der Waals surface area (Å²) in [5.74, 6) is 0.279. The van der Waals surface area contributed by atoms with E-state index in [-0.39, 0.29) is 5.82 Å². The third-order valence-corrected chi connectivity index (χ3v) is 3.95. The Hall–Kier alpha value is -0.910. The van der Waals surface area contributed by atoms with E-state index in [2.05, 4.69) is 31.9 Å². The summed E-state index contributed by atoms with van der Waals surface area (Å²) in [5.41, 5.74) is 7.32. The SMILES string of the molecule is COc1cc(Br)ccc1C(N)c1cccc(Br)c1F. The number of halogens is 3. The van der Waals surface area contributed by atoms with E-state index < -0.39 is 6.04 Å². The second kappa shape index (κ2) is 6.03. The first-order chi connectivity index (χ1) is 9.04. The van der Waals surface area contributed by atoms with Gasteiger partial charge in [0.25, 0.3) is 0 Å². The second-order valence-corrected chi connectivity index (χ2v) is 5.78. The standard InChI is InChI=1S/C14H12Br2FNO/c1-19-12-7-8(15)5-6-9(12)14(18)10-3-2-4-11(16)13(10)17/h2-7,14H,18H2,1H3. The van der Waals surface area contributed by atoms with Gasteiger partial charge in [0.1, 0.15) is 11.6 Å². The Morgan fingerprint density at radius 3 is 2.58 bits per heavy atom. The fourth-order valence-electron chi connectivity index (χ4n) is 1.87. The lowest BCUT2D eigenvalue weighted by Gasteiger charge is -2.17. The minimum absolute atomic E-state index is 0.347. The minimum Gasteiger partial charge on any atom is -0.496 e. The number of ether oxygens (including phenoxy) is 1. The van der Waals surface area contributed by atoms with E-state index in [1.165, 1.54) is 0 Å². The summed E-state index contributed by atoms with van der Waals surface area (Å²) in [6, 6.07) is 9.98. The highest BCUT2D eigenvalue weighted by Crippen LogP contribution is 2.33. The Balaban J connectivity index is 2.49. The maximum absolute atomic E-state index is 14.1. The molecular weight excluding hydrogens is 377 g/mol. The summed E-state index contributed by atoms with van der Waals surface area (Å²) in [7, 11) is 1.56. The third-order valence-electron chi connectivity index (χ3n) is 2.85. The number of hydrogen-bond donors (Lipinski definition) is 1. The van der Waals surface area contributed by atoms with Crippen molar-refractivity contribution in [2.45, 2.75) is 6.04 Å². The van der Waals surface area contributed by atoms with E-state index in [0.717, 1.165) is 10.0 Å². The molecule has 1 unspecified atom stereocenters. The second-order valence-electron chi connectivity index (χ2n) is 4.01. The molecule has 100 valence electrons. The molecule has 0 radical (unpaired) electrons. The van der Waals surface area contributed by atoms with Gasteiger partial charge in [0, 0.05) is 15.6 Å². The first-order valence-corrected chi connectivity index (χ1v) is 7.16. The van der Waals surface area contributed by atoms with E-state index in [1.807, 2.05) is 18.2 Å². The zero-order valence-corrected chi connectivity index (χ0v) is 13.3. The molecule has 0 saturated heterocycles. The maximum Gasteiger partial charge on any atom is 0.142 e. The van der Waals surface area contributed by atoms with Gasteiger partial charge in [-0.1, -0.05) is 34.1 Å². The molecular formula is C14H12Br2FNO. The highest BCUT2D eigenvalue weighted by Gasteiger charge is 2.18. The molecule has 2 nitrogen and oxygen atoms in total. The van der Waals surface area contributed by atoms with Crippen molar-refractivity contribution in [2.24, 2.45) is 5.73 Å². The van der Waals surface area contributed by atoms with Crippen LogP contribution in [0, 0.1) is 5.82 Å². The molecule has 0 aromatic heterocycles. The van der Waals surface area contributed by atoms with Crippen LogP contribution < -0.4 is 10.5 Å². The van der Waals surface area contributed by atoms with Crippen molar-refractivity contribution in [1.82, 2.24) is 0 Å². The predicted molar refractivity (Wildman–Crippen MR) is 80.8 cm³/mol. The van der Waals surface area contributed by atoms with E-state index in [9.17, 15) is 4.39 Å². The quantitative estimate of drug-likeness (QED) is 0.845. The Labute approximate surface area is 128 Å². The van der Waals surface area contributed by atoms with Crippen molar-refractivity contribution in [3.8, 4) is 5.75 Å². The summed E-state index contributed by atoms with van der Waals surface area (Å²) in [6.45, 7) is 0. The normalized spacial score (nSPS) is 12.3. The van der Waals surface area contributed by atoms with Crippen LogP contribution in [0.2, 0.25) is 0 Å². The third kappa shape index (κ3) is 2.99. The van der Waals surface area contributed by atoms with Gasteiger partial charge in [-0.3, -0.25) is 0 Å². The van der Waals surface area contributed by atoms with Gasteiger partial charge in [0.15, 0.2) is 0 Å². The lowest BCUT2D eigenvalue weighted by atomic mass is 9.98. The summed E-state index contributed by atoms with van der Waals surface area (Å²) >= 11 is 6.53. The smallest absolute Gasteiger partial charge is 0.142 e. The Morgan fingerprint density at radius 2 is 1.89 bits per heavy atom. The van der Waals surface area contributed by atoms with Crippen molar-refractivity contribution >= 4 is 31.9 Å². The topological polar surface area (TPSA) is 35.2 Å². The van der Waals surface area contributed by atoms with Gasteiger partial charge >= 0.3 is 0 Å². The molecule has 0 bridgehead atoms. The zero-order chi connectivity index (χ0) is 14.0. The highest BCUT2D eigenvalue weighted by molar-refractivity contribution is 9.10. The summed E-state index contributed by atoms with van der Waals surface area (Å²) in [6.07, 6.45) is 0. The van der Waals surface area contributed by atoms with Crippen molar-refractivity contribution < 1.29 is 9.13 Å². The molecule has 0 saturated carbocycles. The van der Waals surface area contributed by atoms with E-state index in [0.29, 0.717) is 15.8 Å². The Bertz CT molecular complexity index is 604. The van der Waals surface area contributed by atoms with Crippen LogP contribution in [0.25, 0.3) is 0 Å².